The van der Waals surface area contributed by atoms with E-state index in [4.69, 9.17) is 9.97 Å². The van der Waals surface area contributed by atoms with Gasteiger partial charge in [-0.1, -0.05) is 189 Å². The van der Waals surface area contributed by atoms with Crippen molar-refractivity contribution in [1.29, 1.82) is 0 Å². The number of benzene rings is 8. The Kier molecular flexibility index (Phi) is 7.26. The average molecular weight is 731 g/mol. The van der Waals surface area contributed by atoms with Crippen LogP contribution in [0, 0.1) is 0 Å². The summed E-state index contributed by atoms with van der Waals surface area (Å²) < 4.78 is 0. The molecule has 1 aromatic heterocycles. The first-order valence-corrected chi connectivity index (χ1v) is 22.5. The minimum atomic E-state index is -2.03. The van der Waals surface area contributed by atoms with Gasteiger partial charge in [0.25, 0.3) is 0 Å². The van der Waals surface area contributed by atoms with Crippen molar-refractivity contribution < 1.29 is 0 Å². The summed E-state index contributed by atoms with van der Waals surface area (Å²) in [5.41, 5.74) is 16.4. The Labute approximate surface area is 328 Å². The maximum atomic E-state index is 5.47. The van der Waals surface area contributed by atoms with Crippen molar-refractivity contribution in [1.82, 2.24) is 9.97 Å². The molecule has 56 heavy (non-hydrogen) atoms. The van der Waals surface area contributed by atoms with E-state index in [9.17, 15) is 0 Å². The van der Waals surface area contributed by atoms with E-state index in [1.165, 1.54) is 65.8 Å². The topological polar surface area (TPSA) is 25.8 Å². The molecular formula is C53H38N2Si. The van der Waals surface area contributed by atoms with Gasteiger partial charge in [-0.25, -0.2) is 9.97 Å². The van der Waals surface area contributed by atoms with Crippen LogP contribution in [-0.4, -0.2) is 18.0 Å². The zero-order chi connectivity index (χ0) is 37.4. The second-order valence-corrected chi connectivity index (χ2v) is 20.0. The van der Waals surface area contributed by atoms with Crippen LogP contribution < -0.4 is 10.4 Å². The summed E-state index contributed by atoms with van der Waals surface area (Å²) >= 11 is 0. The van der Waals surface area contributed by atoms with Crippen LogP contribution >= 0.6 is 0 Å². The standard InChI is InChI=1S/C53H38N2Si/c1-56(2)48-28-15-13-26-42(48)43-30-32-47-49(51(43)56)50(35-17-6-3-7-18-35)55-52(54-47)38-20-16-19-36(33-38)37-29-31-46-44(34-37)41-25-12-14-27-45(41)53(46,39-21-8-4-9-22-39)40-23-10-5-11-24-40/h3-34H,1-2H3. The number of aromatic nitrogens is 2. The van der Waals surface area contributed by atoms with Crippen molar-refractivity contribution in [3.05, 3.63) is 216 Å². The largest absolute Gasteiger partial charge is 0.228 e. The first-order valence-electron chi connectivity index (χ1n) is 19.5. The Morgan fingerprint density at radius 3 is 1.75 bits per heavy atom. The molecule has 1 aliphatic heterocycles. The predicted molar refractivity (Wildman–Crippen MR) is 235 cm³/mol. The molecule has 0 bridgehead atoms. The minimum absolute atomic E-state index is 0.416. The second-order valence-electron chi connectivity index (χ2n) is 15.7. The Hall–Kier alpha value is -6.68. The van der Waals surface area contributed by atoms with Crippen LogP contribution in [0.1, 0.15) is 22.3 Å². The summed E-state index contributed by atoms with van der Waals surface area (Å²) in [4.78, 5) is 10.8. The highest BCUT2D eigenvalue weighted by molar-refractivity contribution is 7.05. The summed E-state index contributed by atoms with van der Waals surface area (Å²) in [6, 6.07) is 70.9. The third-order valence-corrected chi connectivity index (χ3v) is 15.9. The normalized spacial score (nSPS) is 14.2. The summed E-state index contributed by atoms with van der Waals surface area (Å²) in [6.07, 6.45) is 0. The molecule has 0 saturated heterocycles. The van der Waals surface area contributed by atoms with Crippen LogP contribution in [0.2, 0.25) is 13.1 Å². The monoisotopic (exact) mass is 730 g/mol. The number of fused-ring (bicyclic) bond motifs is 8. The Bertz CT molecular complexity index is 2950. The lowest BCUT2D eigenvalue weighted by molar-refractivity contribution is 0.768. The number of hydrogen-bond acceptors (Lipinski definition) is 2. The fourth-order valence-corrected chi connectivity index (χ4v) is 13.3. The van der Waals surface area contributed by atoms with Gasteiger partial charge in [-0.05, 0) is 84.2 Å². The van der Waals surface area contributed by atoms with Crippen molar-refractivity contribution in [2.45, 2.75) is 18.5 Å². The maximum absolute atomic E-state index is 5.47. The van der Waals surface area contributed by atoms with Crippen molar-refractivity contribution in [2.24, 2.45) is 0 Å². The molecule has 2 nitrogen and oxygen atoms in total. The van der Waals surface area contributed by atoms with Crippen LogP contribution in [0.15, 0.2) is 194 Å². The van der Waals surface area contributed by atoms with Gasteiger partial charge in [-0.3, -0.25) is 0 Å². The molecule has 0 unspecified atom stereocenters. The molecule has 264 valence electrons. The first kappa shape index (κ1) is 32.7. The highest BCUT2D eigenvalue weighted by atomic mass is 28.3. The number of rotatable bonds is 5. The lowest BCUT2D eigenvalue weighted by Gasteiger charge is -2.33. The van der Waals surface area contributed by atoms with Gasteiger partial charge in [0.05, 0.1) is 16.6 Å². The zero-order valence-electron chi connectivity index (χ0n) is 31.4. The maximum Gasteiger partial charge on any atom is 0.160 e. The van der Waals surface area contributed by atoms with Crippen molar-refractivity contribution in [2.75, 3.05) is 0 Å². The summed E-state index contributed by atoms with van der Waals surface area (Å²) in [5.74, 6) is 0.742. The average Bonchev–Trinajstić information content (AvgIpc) is 3.69. The van der Waals surface area contributed by atoms with E-state index < -0.39 is 13.5 Å². The van der Waals surface area contributed by atoms with E-state index in [1.54, 1.807) is 0 Å². The minimum Gasteiger partial charge on any atom is -0.228 e. The van der Waals surface area contributed by atoms with Crippen LogP contribution in [0.4, 0.5) is 0 Å². The zero-order valence-corrected chi connectivity index (χ0v) is 32.4. The Morgan fingerprint density at radius 1 is 0.411 bits per heavy atom. The Balaban J connectivity index is 1.08. The molecule has 0 amide bonds. The highest BCUT2D eigenvalue weighted by Gasteiger charge is 2.46. The molecule has 0 fully saturated rings. The molecule has 3 heteroatoms. The smallest absolute Gasteiger partial charge is 0.160 e. The van der Waals surface area contributed by atoms with Gasteiger partial charge in [0.15, 0.2) is 5.82 Å². The van der Waals surface area contributed by atoms with Gasteiger partial charge in [0.1, 0.15) is 8.07 Å². The molecule has 11 rings (SSSR count). The van der Waals surface area contributed by atoms with Crippen LogP contribution in [0.3, 0.4) is 0 Å². The molecular weight excluding hydrogens is 693 g/mol. The molecule has 2 aliphatic rings. The summed E-state index contributed by atoms with van der Waals surface area (Å²) in [6.45, 7) is 4.95. The van der Waals surface area contributed by atoms with Crippen LogP contribution in [-0.2, 0) is 5.41 Å². The third kappa shape index (κ3) is 4.68. The van der Waals surface area contributed by atoms with E-state index in [2.05, 4.69) is 207 Å². The third-order valence-electron chi connectivity index (χ3n) is 12.3. The molecule has 8 aromatic carbocycles. The van der Waals surface area contributed by atoms with E-state index in [1.807, 2.05) is 0 Å². The van der Waals surface area contributed by atoms with Crippen LogP contribution in [0.5, 0.6) is 0 Å². The van der Waals surface area contributed by atoms with E-state index in [-0.39, 0.29) is 0 Å². The van der Waals surface area contributed by atoms with Gasteiger partial charge >= 0.3 is 0 Å². The van der Waals surface area contributed by atoms with Crippen molar-refractivity contribution >= 4 is 29.4 Å². The molecule has 0 N–H and O–H groups in total. The summed E-state index contributed by atoms with van der Waals surface area (Å²) in [7, 11) is -2.03. The quantitative estimate of drug-likeness (QED) is 0.165. The molecule has 1 aliphatic carbocycles. The van der Waals surface area contributed by atoms with Crippen LogP contribution in [0.25, 0.3) is 66.9 Å². The Morgan fingerprint density at radius 2 is 1.00 bits per heavy atom. The first-order chi connectivity index (χ1) is 27.5. The highest BCUT2D eigenvalue weighted by Crippen LogP contribution is 2.56. The van der Waals surface area contributed by atoms with Gasteiger partial charge in [-0.15, -0.1) is 0 Å². The van der Waals surface area contributed by atoms with Crippen molar-refractivity contribution in [3.63, 3.8) is 0 Å². The van der Waals surface area contributed by atoms with Gasteiger partial charge in [0.2, 0.25) is 0 Å². The SMILES string of the molecule is C[Si]1(C)c2ccccc2-c2ccc3nc(-c4cccc(-c5ccc6c(c5)-c5ccccc5C6(c5ccccc5)c5ccccc5)c4)nc(-c4ccccc4)c3c21. The van der Waals surface area contributed by atoms with Gasteiger partial charge < -0.3 is 0 Å². The molecule has 0 spiro atoms. The number of hydrogen-bond donors (Lipinski definition) is 0. The fourth-order valence-electron chi connectivity index (χ4n) is 9.90. The summed E-state index contributed by atoms with van der Waals surface area (Å²) in [5, 5.41) is 4.12. The van der Waals surface area contributed by atoms with E-state index >= 15 is 0 Å². The molecule has 0 saturated carbocycles. The molecule has 9 aromatic rings. The molecule has 0 atom stereocenters. The van der Waals surface area contributed by atoms with Gasteiger partial charge in [0, 0.05) is 16.5 Å². The predicted octanol–water partition coefficient (Wildman–Crippen LogP) is 11.8. The van der Waals surface area contributed by atoms with Crippen molar-refractivity contribution in [3.8, 4) is 56.0 Å². The van der Waals surface area contributed by atoms with E-state index in [0.717, 1.165) is 33.7 Å². The fraction of sp³-hybridized carbons (Fsp3) is 0.0566. The second kappa shape index (κ2) is 12.4. The van der Waals surface area contributed by atoms with Gasteiger partial charge in [-0.2, -0.15) is 0 Å². The molecule has 2 heterocycles. The lowest BCUT2D eigenvalue weighted by Crippen LogP contribution is -2.49. The molecule has 0 radical (unpaired) electrons. The lowest BCUT2D eigenvalue weighted by atomic mass is 9.67. The van der Waals surface area contributed by atoms with E-state index in [0.29, 0.717) is 0 Å². The number of nitrogens with zero attached hydrogens (tertiary/aromatic N) is 2.